The van der Waals surface area contributed by atoms with Crippen LogP contribution in [-0.2, 0) is 19.5 Å². The van der Waals surface area contributed by atoms with Crippen molar-refractivity contribution in [2.75, 3.05) is 0 Å². The van der Waals surface area contributed by atoms with Crippen LogP contribution in [0.25, 0.3) is 0 Å². The van der Waals surface area contributed by atoms with Crippen LogP contribution in [0.2, 0.25) is 0 Å². The molecule has 1 aromatic carbocycles. The Labute approximate surface area is 79.2 Å². The van der Waals surface area contributed by atoms with Gasteiger partial charge in [-0.2, -0.15) is 35.9 Å². The molecule has 0 aliphatic heterocycles. The largest absolute Gasteiger partial charge is 0.181 e. The van der Waals surface area contributed by atoms with Gasteiger partial charge in [-0.25, -0.2) is 0 Å². The van der Waals surface area contributed by atoms with E-state index >= 15 is 0 Å². The van der Waals surface area contributed by atoms with Crippen molar-refractivity contribution in [1.29, 1.82) is 0 Å². The Bertz CT molecular complexity index is 139. The second-order valence-electron chi connectivity index (χ2n) is 1.55. The van der Waals surface area contributed by atoms with Crippen molar-refractivity contribution in [1.82, 2.24) is 0 Å². The van der Waals surface area contributed by atoms with Crippen molar-refractivity contribution in [2.45, 2.75) is 6.92 Å². The number of halogens is 1. The maximum absolute atomic E-state index is 3.03. The Hall–Kier alpha value is 0.323. The van der Waals surface area contributed by atoms with Crippen LogP contribution >= 0.6 is 17.0 Å². The molecule has 46 valence electrons. The quantitative estimate of drug-likeness (QED) is 0.480. The summed E-state index contributed by atoms with van der Waals surface area (Å²) in [5.74, 6) is 0. The van der Waals surface area contributed by atoms with Crippen LogP contribution in [0.5, 0.6) is 0 Å². The zero-order chi connectivity index (χ0) is 5.11. The third-order valence-electron chi connectivity index (χ3n) is 0.865. The van der Waals surface area contributed by atoms with E-state index in [1.165, 1.54) is 5.56 Å². The molecule has 0 saturated heterocycles. The van der Waals surface area contributed by atoms with E-state index in [9.17, 15) is 0 Å². The molecule has 0 fully saturated rings. The van der Waals surface area contributed by atoms with Gasteiger partial charge in [0.1, 0.15) is 0 Å². The smallest absolute Gasteiger partial charge is 0 e. The molecule has 0 aliphatic carbocycles. The predicted molar refractivity (Wildman–Crippen MR) is 40.3 cm³/mol. The number of hydrogen-bond acceptors (Lipinski definition) is 0. The van der Waals surface area contributed by atoms with Crippen molar-refractivity contribution in [3.05, 3.63) is 35.9 Å². The third kappa shape index (κ3) is 4.80. The maximum atomic E-state index is 3.03. The zero-order valence-corrected chi connectivity index (χ0v) is 10.1. The average molecular weight is 237 g/mol. The predicted octanol–water partition coefficient (Wildman–Crippen LogP) is 2.37. The molecule has 0 aromatic heterocycles. The van der Waals surface area contributed by atoms with Crippen molar-refractivity contribution >= 4 is 17.0 Å². The van der Waals surface area contributed by atoms with Crippen LogP contribution in [0, 0.1) is 13.0 Å². The van der Waals surface area contributed by atoms with Crippen molar-refractivity contribution in [3.63, 3.8) is 0 Å². The van der Waals surface area contributed by atoms with Gasteiger partial charge in [0.15, 0.2) is 0 Å². The first-order chi connectivity index (χ1) is 3.39. The average Bonchev–Trinajstić information content (AvgIpc) is 1.69. The van der Waals surface area contributed by atoms with Gasteiger partial charge in [0.25, 0.3) is 0 Å². The zero-order valence-electron chi connectivity index (χ0n) is 5.42. The van der Waals surface area contributed by atoms with Crippen molar-refractivity contribution in [3.8, 4) is 0 Å². The molecule has 0 nitrogen and oxygen atoms in total. The molecule has 0 amide bonds. The molecule has 0 bridgehead atoms. The van der Waals surface area contributed by atoms with Gasteiger partial charge in [-0.1, -0.05) is 6.92 Å². The third-order valence-corrected chi connectivity index (χ3v) is 0.865. The molecule has 0 atom stereocenters. The number of aryl methyl sites for hydroxylation is 1. The Balaban J connectivity index is 0. The Morgan fingerprint density at radius 3 is 2.22 bits per heavy atom. The normalized spacial score (nSPS) is 6.78. The van der Waals surface area contributed by atoms with Crippen molar-refractivity contribution < 1.29 is 19.5 Å². The molecule has 0 saturated carbocycles. The molecule has 0 unspecified atom stereocenters. The summed E-state index contributed by atoms with van der Waals surface area (Å²) in [6.45, 7) is 2.03. The van der Waals surface area contributed by atoms with E-state index in [1.807, 2.05) is 31.2 Å². The first kappa shape index (κ1) is 12.0. The Morgan fingerprint density at radius 2 is 2.00 bits per heavy atom. The first-order valence-electron chi connectivity index (χ1n) is 2.33. The SMILES string of the molecule is Br.Cc1[c-]cccc1.[Zn]. The summed E-state index contributed by atoms with van der Waals surface area (Å²) in [5.41, 5.74) is 1.20. The van der Waals surface area contributed by atoms with Gasteiger partial charge < -0.3 is 0 Å². The Kier molecular flexibility index (Phi) is 8.62. The number of hydrogen-bond donors (Lipinski definition) is 0. The molecule has 9 heavy (non-hydrogen) atoms. The van der Waals surface area contributed by atoms with E-state index in [4.69, 9.17) is 0 Å². The van der Waals surface area contributed by atoms with Gasteiger partial charge in [0.2, 0.25) is 0 Å². The van der Waals surface area contributed by atoms with E-state index in [1.54, 1.807) is 0 Å². The first-order valence-corrected chi connectivity index (χ1v) is 2.33. The molecule has 0 N–H and O–H groups in total. The van der Waals surface area contributed by atoms with E-state index in [2.05, 4.69) is 6.07 Å². The van der Waals surface area contributed by atoms with Gasteiger partial charge in [0.05, 0.1) is 0 Å². The molecular weight excluding hydrogens is 229 g/mol. The molecule has 1 aromatic rings. The van der Waals surface area contributed by atoms with E-state index in [-0.39, 0.29) is 36.5 Å². The summed E-state index contributed by atoms with van der Waals surface area (Å²) in [7, 11) is 0. The molecular formula is C7H8BrZn-. The van der Waals surface area contributed by atoms with E-state index in [0.29, 0.717) is 0 Å². The van der Waals surface area contributed by atoms with E-state index < -0.39 is 0 Å². The Morgan fingerprint density at radius 1 is 1.33 bits per heavy atom. The van der Waals surface area contributed by atoms with Crippen LogP contribution in [0.3, 0.4) is 0 Å². The molecule has 0 radical (unpaired) electrons. The van der Waals surface area contributed by atoms with Gasteiger partial charge >= 0.3 is 0 Å². The molecule has 0 heterocycles. The summed E-state index contributed by atoms with van der Waals surface area (Å²) >= 11 is 0. The summed E-state index contributed by atoms with van der Waals surface area (Å²) in [6, 6.07) is 10.9. The number of rotatable bonds is 0. The fourth-order valence-corrected chi connectivity index (χ4v) is 0.483. The molecule has 0 aliphatic rings. The van der Waals surface area contributed by atoms with Crippen LogP contribution in [-0.4, -0.2) is 0 Å². The molecule has 1 rings (SSSR count). The topological polar surface area (TPSA) is 0 Å². The van der Waals surface area contributed by atoms with Gasteiger partial charge in [-0.3, -0.25) is 0 Å². The van der Waals surface area contributed by atoms with Crippen molar-refractivity contribution in [2.24, 2.45) is 0 Å². The second-order valence-corrected chi connectivity index (χ2v) is 1.55. The molecule has 2 heteroatoms. The minimum atomic E-state index is 0. The minimum Gasteiger partial charge on any atom is -0.181 e. The number of benzene rings is 1. The fourth-order valence-electron chi connectivity index (χ4n) is 0.483. The van der Waals surface area contributed by atoms with Crippen LogP contribution < -0.4 is 0 Å². The summed E-state index contributed by atoms with van der Waals surface area (Å²) in [4.78, 5) is 0. The summed E-state index contributed by atoms with van der Waals surface area (Å²) in [6.07, 6.45) is 0. The second kappa shape index (κ2) is 6.44. The van der Waals surface area contributed by atoms with Crippen LogP contribution in [0.1, 0.15) is 5.56 Å². The van der Waals surface area contributed by atoms with Gasteiger partial charge in [-0.15, -0.1) is 17.0 Å². The van der Waals surface area contributed by atoms with Gasteiger partial charge in [-0.05, 0) is 0 Å². The maximum Gasteiger partial charge on any atom is 0 e. The van der Waals surface area contributed by atoms with Crippen LogP contribution in [0.15, 0.2) is 24.3 Å². The summed E-state index contributed by atoms with van der Waals surface area (Å²) < 4.78 is 0. The van der Waals surface area contributed by atoms with Gasteiger partial charge in [0, 0.05) is 19.5 Å². The van der Waals surface area contributed by atoms with E-state index in [0.717, 1.165) is 0 Å². The molecule has 0 spiro atoms. The van der Waals surface area contributed by atoms with Crippen LogP contribution in [0.4, 0.5) is 0 Å². The fraction of sp³-hybridized carbons (Fsp3) is 0.143. The monoisotopic (exact) mass is 235 g/mol. The minimum absolute atomic E-state index is 0. The summed E-state index contributed by atoms with van der Waals surface area (Å²) in [5, 5.41) is 0. The standard InChI is InChI=1S/C7H7.BrH.Zn/c1-7-5-3-2-4-6-7;;/h2-5H,1H3;1H;/q-1;;.